The second kappa shape index (κ2) is 9.44. The number of hydrogen-bond donors (Lipinski definition) is 1. The minimum Gasteiger partial charge on any atom is -0.406 e. The van der Waals surface area contributed by atoms with Gasteiger partial charge in [0.15, 0.2) is 0 Å². The van der Waals surface area contributed by atoms with Gasteiger partial charge >= 0.3 is 6.36 Å². The van der Waals surface area contributed by atoms with E-state index in [0.717, 1.165) is 50.8 Å². The average molecular weight is 448 g/mol. The summed E-state index contributed by atoms with van der Waals surface area (Å²) in [7, 11) is 0. The van der Waals surface area contributed by atoms with E-state index in [1.54, 1.807) is 0 Å². The lowest BCUT2D eigenvalue weighted by Crippen LogP contribution is -2.47. The first-order valence-corrected chi connectivity index (χ1v) is 11.5. The van der Waals surface area contributed by atoms with Crippen LogP contribution in [-0.2, 0) is 16.7 Å². The number of benzene rings is 2. The summed E-state index contributed by atoms with van der Waals surface area (Å²) in [5.41, 5.74) is 3.38. The van der Waals surface area contributed by atoms with Gasteiger partial charge in [0.2, 0.25) is 0 Å². The molecule has 0 unspecified atom stereocenters. The van der Waals surface area contributed by atoms with Gasteiger partial charge in [0, 0.05) is 18.6 Å². The Morgan fingerprint density at radius 3 is 2.47 bits per heavy atom. The Labute approximate surface area is 188 Å². The zero-order chi connectivity index (χ0) is 22.7. The van der Waals surface area contributed by atoms with Crippen LogP contribution in [0.2, 0.25) is 0 Å². The number of nitrogens with one attached hydrogen (secondary N) is 1. The van der Waals surface area contributed by atoms with E-state index in [1.807, 2.05) is 12.1 Å². The normalized spacial score (nSPS) is 22.9. The van der Waals surface area contributed by atoms with Crippen molar-refractivity contribution >= 4 is 0 Å². The lowest BCUT2D eigenvalue weighted by atomic mass is 9.66. The van der Waals surface area contributed by atoms with Gasteiger partial charge in [-0.3, -0.25) is 0 Å². The van der Waals surface area contributed by atoms with Gasteiger partial charge in [-0.25, -0.2) is 0 Å². The quantitative estimate of drug-likeness (QED) is 0.496. The molecule has 0 amide bonds. The summed E-state index contributed by atoms with van der Waals surface area (Å²) in [6, 6.07) is 15.0. The molecular formula is C26H32F3NO2. The fraction of sp³-hybridized carbons (Fsp3) is 0.538. The number of alkyl halides is 3. The van der Waals surface area contributed by atoms with Crippen molar-refractivity contribution < 1.29 is 22.6 Å². The van der Waals surface area contributed by atoms with E-state index >= 15 is 0 Å². The van der Waals surface area contributed by atoms with Gasteiger partial charge in [0.05, 0.1) is 5.60 Å². The van der Waals surface area contributed by atoms with Crippen LogP contribution in [0.25, 0.3) is 0 Å². The van der Waals surface area contributed by atoms with E-state index in [1.165, 1.54) is 36.1 Å². The Hall–Kier alpha value is -2.05. The molecule has 1 saturated heterocycles. The maximum Gasteiger partial charge on any atom is 0.573 e. The summed E-state index contributed by atoms with van der Waals surface area (Å²) >= 11 is 0. The number of halogens is 3. The van der Waals surface area contributed by atoms with Crippen molar-refractivity contribution in [3.8, 4) is 5.75 Å². The van der Waals surface area contributed by atoms with E-state index in [-0.39, 0.29) is 16.8 Å². The number of aryl methyl sites for hydroxylation is 1. The van der Waals surface area contributed by atoms with Gasteiger partial charge in [-0.2, -0.15) is 0 Å². The predicted octanol–water partition coefficient (Wildman–Crippen LogP) is 6.43. The summed E-state index contributed by atoms with van der Waals surface area (Å²) < 4.78 is 48.2. The van der Waals surface area contributed by atoms with Crippen LogP contribution in [0.3, 0.4) is 0 Å². The molecular weight excluding hydrogens is 415 g/mol. The molecule has 0 bridgehead atoms. The maximum absolute atomic E-state index is 12.6. The highest BCUT2D eigenvalue weighted by Crippen LogP contribution is 2.50. The first-order chi connectivity index (χ1) is 15.3. The van der Waals surface area contributed by atoms with Crippen LogP contribution in [0.4, 0.5) is 13.2 Å². The van der Waals surface area contributed by atoms with Crippen LogP contribution in [0.5, 0.6) is 5.75 Å². The summed E-state index contributed by atoms with van der Waals surface area (Å²) in [4.78, 5) is 0. The maximum atomic E-state index is 12.6. The summed E-state index contributed by atoms with van der Waals surface area (Å²) in [5.74, 6) is -0.170. The van der Waals surface area contributed by atoms with Crippen molar-refractivity contribution in [2.75, 3.05) is 13.2 Å². The third-order valence-electron chi connectivity index (χ3n) is 7.06. The third-order valence-corrected chi connectivity index (χ3v) is 7.06. The standard InChI is InChI=1S/C26H32F3NO2/c1-20-5-4-6-21(17-20)18-30-15-13-24(14-16-31-25(19-24)11-2-3-12-25)22-7-9-23(10-8-22)32-26(27,28)29/h4-10,17,30H,2-3,11-16,18-19H2,1H3/t24-/m1/s1. The van der Waals surface area contributed by atoms with Gasteiger partial charge in [-0.05, 0) is 68.8 Å². The number of hydrogen-bond acceptors (Lipinski definition) is 3. The van der Waals surface area contributed by atoms with Crippen LogP contribution in [0.15, 0.2) is 48.5 Å². The minimum atomic E-state index is -4.68. The lowest BCUT2D eigenvalue weighted by molar-refractivity contribution is -0.274. The average Bonchev–Trinajstić information content (AvgIpc) is 3.18. The van der Waals surface area contributed by atoms with E-state index in [2.05, 4.69) is 41.2 Å². The van der Waals surface area contributed by atoms with E-state index in [4.69, 9.17) is 4.74 Å². The molecule has 1 heterocycles. The zero-order valence-electron chi connectivity index (χ0n) is 18.6. The fourth-order valence-corrected chi connectivity index (χ4v) is 5.56. The van der Waals surface area contributed by atoms with E-state index < -0.39 is 6.36 Å². The molecule has 1 saturated carbocycles. The van der Waals surface area contributed by atoms with Crippen molar-refractivity contribution in [2.45, 2.75) is 75.8 Å². The molecule has 1 N–H and O–H groups in total. The summed E-state index contributed by atoms with van der Waals surface area (Å²) in [5, 5.41) is 3.58. The van der Waals surface area contributed by atoms with Crippen molar-refractivity contribution in [1.82, 2.24) is 5.32 Å². The molecule has 2 aromatic rings. The molecule has 1 spiro atoms. The van der Waals surface area contributed by atoms with Gasteiger partial charge in [-0.1, -0.05) is 54.8 Å². The molecule has 174 valence electrons. The minimum absolute atomic E-state index is 0.0874. The van der Waals surface area contributed by atoms with Gasteiger partial charge in [0.1, 0.15) is 5.75 Å². The molecule has 0 aromatic heterocycles. The van der Waals surface area contributed by atoms with Gasteiger partial charge in [-0.15, -0.1) is 13.2 Å². The lowest BCUT2D eigenvalue weighted by Gasteiger charge is -2.47. The Morgan fingerprint density at radius 1 is 1.03 bits per heavy atom. The second-order valence-corrected chi connectivity index (χ2v) is 9.43. The number of ether oxygens (including phenoxy) is 2. The van der Waals surface area contributed by atoms with Crippen molar-refractivity contribution in [2.24, 2.45) is 0 Å². The topological polar surface area (TPSA) is 30.5 Å². The Bertz CT molecular complexity index is 891. The SMILES string of the molecule is Cc1cccc(CNCC[C@@]2(c3ccc(OC(F)(F)F)cc3)CCOC3(CCCC3)C2)c1. The molecule has 32 heavy (non-hydrogen) atoms. The van der Waals surface area contributed by atoms with Gasteiger partial charge < -0.3 is 14.8 Å². The van der Waals surface area contributed by atoms with Crippen molar-refractivity contribution in [1.29, 1.82) is 0 Å². The molecule has 2 aliphatic rings. The Kier molecular flexibility index (Phi) is 6.82. The molecule has 0 radical (unpaired) electrons. The molecule has 2 aromatic carbocycles. The van der Waals surface area contributed by atoms with Crippen LogP contribution in [-0.4, -0.2) is 25.1 Å². The highest BCUT2D eigenvalue weighted by molar-refractivity contribution is 5.34. The van der Waals surface area contributed by atoms with Crippen molar-refractivity contribution in [3.63, 3.8) is 0 Å². The molecule has 1 atom stereocenters. The van der Waals surface area contributed by atoms with E-state index in [0.29, 0.717) is 6.61 Å². The largest absolute Gasteiger partial charge is 0.573 e. The van der Waals surface area contributed by atoms with Crippen molar-refractivity contribution in [3.05, 3.63) is 65.2 Å². The Balaban J connectivity index is 1.49. The first kappa shape index (κ1) is 23.1. The second-order valence-electron chi connectivity index (χ2n) is 9.43. The smallest absolute Gasteiger partial charge is 0.406 e. The van der Waals surface area contributed by atoms with Crippen LogP contribution >= 0.6 is 0 Å². The molecule has 1 aliphatic carbocycles. The monoisotopic (exact) mass is 447 g/mol. The molecule has 3 nitrogen and oxygen atoms in total. The van der Waals surface area contributed by atoms with Crippen LogP contribution in [0, 0.1) is 6.92 Å². The predicted molar refractivity (Wildman–Crippen MR) is 119 cm³/mol. The summed E-state index contributed by atoms with van der Waals surface area (Å²) in [6.45, 7) is 4.43. The molecule has 1 aliphatic heterocycles. The fourth-order valence-electron chi connectivity index (χ4n) is 5.56. The summed E-state index contributed by atoms with van der Waals surface area (Å²) in [6.07, 6.45) is 2.54. The molecule has 6 heteroatoms. The van der Waals surface area contributed by atoms with Gasteiger partial charge in [0.25, 0.3) is 0 Å². The first-order valence-electron chi connectivity index (χ1n) is 11.5. The highest BCUT2D eigenvalue weighted by Gasteiger charge is 2.47. The van der Waals surface area contributed by atoms with E-state index in [9.17, 15) is 13.2 Å². The van der Waals surface area contributed by atoms with Crippen LogP contribution < -0.4 is 10.1 Å². The molecule has 2 fully saturated rings. The molecule has 4 rings (SSSR count). The Morgan fingerprint density at radius 2 is 1.78 bits per heavy atom. The number of rotatable bonds is 7. The highest BCUT2D eigenvalue weighted by atomic mass is 19.4. The van der Waals surface area contributed by atoms with Crippen LogP contribution in [0.1, 0.15) is 61.6 Å². The zero-order valence-corrected chi connectivity index (χ0v) is 18.6. The third kappa shape index (κ3) is 5.65.